The van der Waals surface area contributed by atoms with Crippen molar-refractivity contribution in [3.8, 4) is 0 Å². The molecule has 1 aromatic rings. The molecule has 1 aromatic carbocycles. The second-order valence-electron chi connectivity index (χ2n) is 5.77. The molecule has 0 bridgehead atoms. The highest BCUT2D eigenvalue weighted by Gasteiger charge is 2.20. The van der Waals surface area contributed by atoms with Crippen molar-refractivity contribution in [3.05, 3.63) is 35.9 Å². The first-order valence-corrected chi connectivity index (χ1v) is 9.62. The lowest BCUT2D eigenvalue weighted by Crippen LogP contribution is -2.44. The quantitative estimate of drug-likeness (QED) is 0.769. The largest absolute Gasteiger partial charge is 0.352 e. The smallest absolute Gasteiger partial charge is 0.235 e. The van der Waals surface area contributed by atoms with Gasteiger partial charge in [-0.15, -0.1) is 12.4 Å². The van der Waals surface area contributed by atoms with Crippen molar-refractivity contribution in [3.63, 3.8) is 0 Å². The van der Waals surface area contributed by atoms with Crippen LogP contribution >= 0.6 is 12.4 Å². The third-order valence-electron chi connectivity index (χ3n) is 3.82. The van der Waals surface area contributed by atoms with E-state index in [4.69, 9.17) is 0 Å². The Kier molecular flexibility index (Phi) is 8.58. The average molecular weight is 361 g/mol. The second kappa shape index (κ2) is 9.90. The number of aryl methyl sites for hydroxylation is 1. The van der Waals surface area contributed by atoms with Gasteiger partial charge in [-0.25, -0.2) is 8.42 Å². The Morgan fingerprint density at radius 3 is 2.48 bits per heavy atom. The van der Waals surface area contributed by atoms with E-state index < -0.39 is 15.6 Å². The van der Waals surface area contributed by atoms with Crippen molar-refractivity contribution in [2.75, 3.05) is 24.6 Å². The van der Waals surface area contributed by atoms with Crippen LogP contribution in [0.3, 0.4) is 0 Å². The fraction of sp³-hybridized carbons (Fsp3) is 0.562. The summed E-state index contributed by atoms with van der Waals surface area (Å²) in [6.07, 6.45) is 2.99. The predicted octanol–water partition coefficient (Wildman–Crippen LogP) is 1.32. The number of hydrogen-bond acceptors (Lipinski definition) is 4. The molecular weight excluding hydrogens is 336 g/mol. The van der Waals surface area contributed by atoms with Gasteiger partial charge in [0.1, 0.15) is 5.75 Å². The Labute approximate surface area is 144 Å². The molecule has 130 valence electrons. The van der Waals surface area contributed by atoms with Crippen LogP contribution in [0.5, 0.6) is 0 Å². The molecule has 23 heavy (non-hydrogen) atoms. The van der Waals surface area contributed by atoms with Gasteiger partial charge >= 0.3 is 0 Å². The SMILES string of the molecule is Cl.O=C(CS(=O)(=O)CCCc1ccccc1)NC1CCNCC1. The van der Waals surface area contributed by atoms with E-state index in [9.17, 15) is 13.2 Å². The number of amides is 1. The predicted molar refractivity (Wildman–Crippen MR) is 94.7 cm³/mol. The van der Waals surface area contributed by atoms with E-state index in [0.717, 1.165) is 37.9 Å². The van der Waals surface area contributed by atoms with Crippen molar-refractivity contribution in [1.29, 1.82) is 0 Å². The molecule has 1 saturated heterocycles. The lowest BCUT2D eigenvalue weighted by molar-refractivity contribution is -0.119. The number of benzene rings is 1. The van der Waals surface area contributed by atoms with Crippen molar-refractivity contribution in [2.45, 2.75) is 31.7 Å². The Hall–Kier alpha value is -1.11. The molecule has 0 aliphatic carbocycles. The summed E-state index contributed by atoms with van der Waals surface area (Å²) < 4.78 is 24.0. The minimum absolute atomic E-state index is 0. The first-order valence-electron chi connectivity index (χ1n) is 7.79. The van der Waals surface area contributed by atoms with Crippen LogP contribution in [0.2, 0.25) is 0 Å². The number of nitrogens with one attached hydrogen (secondary N) is 2. The zero-order chi connectivity index (χ0) is 15.8. The number of sulfone groups is 1. The van der Waals surface area contributed by atoms with Gasteiger partial charge in [0.2, 0.25) is 5.91 Å². The standard InChI is InChI=1S/C16H24N2O3S.ClH/c19-16(18-15-8-10-17-11-9-15)13-22(20,21)12-4-7-14-5-2-1-3-6-14;/h1-3,5-6,15,17H,4,7-13H2,(H,18,19);1H. The van der Waals surface area contributed by atoms with Crippen LogP contribution in [-0.4, -0.2) is 45.0 Å². The molecule has 0 radical (unpaired) electrons. The Morgan fingerprint density at radius 1 is 1.17 bits per heavy atom. The van der Waals surface area contributed by atoms with Gasteiger partial charge in [-0.05, 0) is 44.3 Å². The van der Waals surface area contributed by atoms with Crippen LogP contribution in [0.4, 0.5) is 0 Å². The van der Waals surface area contributed by atoms with E-state index in [1.165, 1.54) is 0 Å². The van der Waals surface area contributed by atoms with Gasteiger partial charge in [-0.1, -0.05) is 30.3 Å². The van der Waals surface area contributed by atoms with E-state index >= 15 is 0 Å². The van der Waals surface area contributed by atoms with E-state index in [1.54, 1.807) is 0 Å². The normalized spacial score (nSPS) is 15.7. The highest BCUT2D eigenvalue weighted by atomic mass is 35.5. The number of piperidine rings is 1. The van der Waals surface area contributed by atoms with Gasteiger partial charge in [0, 0.05) is 6.04 Å². The summed E-state index contributed by atoms with van der Waals surface area (Å²) in [6, 6.07) is 9.89. The summed E-state index contributed by atoms with van der Waals surface area (Å²) in [6.45, 7) is 1.74. The fourth-order valence-electron chi connectivity index (χ4n) is 2.65. The average Bonchev–Trinajstić information content (AvgIpc) is 2.48. The van der Waals surface area contributed by atoms with Crippen LogP contribution in [0.15, 0.2) is 30.3 Å². The summed E-state index contributed by atoms with van der Waals surface area (Å²) in [5.74, 6) is -0.709. The van der Waals surface area contributed by atoms with Crippen LogP contribution in [-0.2, 0) is 21.1 Å². The van der Waals surface area contributed by atoms with Crippen molar-refractivity contribution < 1.29 is 13.2 Å². The molecule has 1 heterocycles. The highest BCUT2D eigenvalue weighted by Crippen LogP contribution is 2.06. The summed E-state index contributed by atoms with van der Waals surface area (Å²) in [7, 11) is -3.33. The summed E-state index contributed by atoms with van der Waals surface area (Å²) in [4.78, 5) is 11.8. The number of rotatable bonds is 7. The molecule has 0 atom stereocenters. The van der Waals surface area contributed by atoms with E-state index in [0.29, 0.717) is 6.42 Å². The van der Waals surface area contributed by atoms with E-state index in [-0.39, 0.29) is 30.1 Å². The zero-order valence-corrected chi connectivity index (χ0v) is 14.8. The van der Waals surface area contributed by atoms with Gasteiger partial charge in [-0.2, -0.15) is 0 Å². The Morgan fingerprint density at radius 2 is 1.83 bits per heavy atom. The molecule has 0 aromatic heterocycles. The van der Waals surface area contributed by atoms with E-state index in [2.05, 4.69) is 10.6 Å². The maximum atomic E-state index is 12.0. The zero-order valence-electron chi connectivity index (χ0n) is 13.2. The lowest BCUT2D eigenvalue weighted by atomic mass is 10.1. The Bertz CT molecular complexity index is 572. The topological polar surface area (TPSA) is 75.3 Å². The van der Waals surface area contributed by atoms with Gasteiger partial charge < -0.3 is 10.6 Å². The van der Waals surface area contributed by atoms with Crippen LogP contribution in [0.1, 0.15) is 24.8 Å². The highest BCUT2D eigenvalue weighted by molar-refractivity contribution is 7.92. The maximum Gasteiger partial charge on any atom is 0.235 e. The third kappa shape index (κ3) is 7.81. The summed E-state index contributed by atoms with van der Waals surface area (Å²) in [5, 5.41) is 6.04. The molecule has 0 spiro atoms. The molecule has 5 nitrogen and oxygen atoms in total. The molecule has 7 heteroatoms. The molecule has 1 aliphatic rings. The van der Waals surface area contributed by atoms with Gasteiger partial charge in [0.25, 0.3) is 0 Å². The summed E-state index contributed by atoms with van der Waals surface area (Å²) >= 11 is 0. The number of halogens is 1. The fourth-order valence-corrected chi connectivity index (χ4v) is 3.86. The van der Waals surface area contributed by atoms with Crippen molar-refractivity contribution in [1.82, 2.24) is 10.6 Å². The summed E-state index contributed by atoms with van der Waals surface area (Å²) in [5.41, 5.74) is 1.12. The maximum absolute atomic E-state index is 12.0. The monoisotopic (exact) mass is 360 g/mol. The van der Waals surface area contributed by atoms with Gasteiger partial charge in [-0.3, -0.25) is 4.79 Å². The molecule has 2 N–H and O–H groups in total. The van der Waals surface area contributed by atoms with Gasteiger partial charge in [0.15, 0.2) is 9.84 Å². The molecule has 0 saturated carbocycles. The molecular formula is C16H25ClN2O3S. The van der Waals surface area contributed by atoms with Crippen LogP contribution in [0, 0.1) is 0 Å². The third-order valence-corrected chi connectivity index (χ3v) is 5.43. The van der Waals surface area contributed by atoms with Crippen molar-refractivity contribution >= 4 is 28.2 Å². The van der Waals surface area contributed by atoms with Crippen LogP contribution in [0.25, 0.3) is 0 Å². The number of carbonyl (C=O) groups excluding carboxylic acids is 1. The van der Waals surface area contributed by atoms with E-state index in [1.807, 2.05) is 30.3 Å². The molecule has 2 rings (SSSR count). The first kappa shape index (κ1) is 19.9. The molecule has 0 unspecified atom stereocenters. The second-order valence-corrected chi connectivity index (χ2v) is 7.96. The molecule has 1 aliphatic heterocycles. The number of carbonyl (C=O) groups is 1. The minimum atomic E-state index is -3.33. The minimum Gasteiger partial charge on any atom is -0.352 e. The first-order chi connectivity index (χ1) is 10.6. The molecule has 1 amide bonds. The Balaban J connectivity index is 0.00000264. The number of hydrogen-bond donors (Lipinski definition) is 2. The van der Waals surface area contributed by atoms with Crippen LogP contribution < -0.4 is 10.6 Å². The molecule has 1 fully saturated rings. The van der Waals surface area contributed by atoms with Gasteiger partial charge in [0.05, 0.1) is 5.75 Å². The van der Waals surface area contributed by atoms with Crippen molar-refractivity contribution in [2.24, 2.45) is 0 Å². The lowest BCUT2D eigenvalue weighted by Gasteiger charge is -2.23.